The molecule has 2 heterocycles. The molecule has 2 saturated heterocycles. The molecule has 0 saturated carbocycles. The number of anilines is 2. The topological polar surface area (TPSA) is 158 Å². The van der Waals surface area contributed by atoms with Crippen molar-refractivity contribution in [3.8, 4) is 11.8 Å². The van der Waals surface area contributed by atoms with Gasteiger partial charge in [-0.15, -0.1) is 0 Å². The standard InChI is InChI=1S/C36H40F3N5O7S2/c1-5-23-18-26(44-34(52)43(33(47)35(44,3)4)25-11-10-24(20-40)28(19-25)36(37,38)39)12-13-29(23)51-17-16-41-14-15-42(21-31(45)46)22(2)32(41)27-8-6-7-9-30(27)53(48,49)50/h6-13,18-19,22,32-33,47H,5,14-17,21H2,1-4H3,(H,45,46)(H,48,49,50)/t22-,32?,33?/m1/s1. The summed E-state index contributed by atoms with van der Waals surface area (Å²) in [5.41, 5.74) is -1.11. The van der Waals surface area contributed by atoms with E-state index < -0.39 is 57.2 Å². The lowest BCUT2D eigenvalue weighted by atomic mass is 9.94. The van der Waals surface area contributed by atoms with Gasteiger partial charge in [-0.25, -0.2) is 0 Å². The summed E-state index contributed by atoms with van der Waals surface area (Å²) in [4.78, 5) is 18.0. The first-order valence-electron chi connectivity index (χ1n) is 16.8. The first-order valence-corrected chi connectivity index (χ1v) is 18.6. The lowest BCUT2D eigenvalue weighted by molar-refractivity contribution is -0.140. The number of halogens is 3. The minimum Gasteiger partial charge on any atom is -0.492 e. The van der Waals surface area contributed by atoms with E-state index in [9.17, 15) is 46.4 Å². The number of aliphatic hydroxyl groups excluding tert-OH is 1. The summed E-state index contributed by atoms with van der Waals surface area (Å²) in [6.07, 6.45) is -5.62. The Morgan fingerprint density at radius 3 is 2.36 bits per heavy atom. The SMILES string of the molecule is CCc1cc(N2C(=S)N(c3ccc(C#N)c(C(F)(F)F)c3)C(O)C2(C)C)ccc1OCCN1CCN(CC(=O)O)[C@H](C)C1c1ccccc1S(=O)(=O)O. The third kappa shape index (κ3) is 7.98. The fraction of sp³-hybridized carbons (Fsp3) is 0.417. The third-order valence-corrected chi connectivity index (χ3v) is 11.1. The summed E-state index contributed by atoms with van der Waals surface area (Å²) < 4.78 is 82.3. The van der Waals surface area contributed by atoms with Crippen molar-refractivity contribution >= 4 is 44.8 Å². The molecule has 3 atom stereocenters. The van der Waals surface area contributed by atoms with E-state index in [2.05, 4.69) is 0 Å². The lowest BCUT2D eigenvalue weighted by Gasteiger charge is -2.46. The van der Waals surface area contributed by atoms with Crippen LogP contribution in [0.5, 0.6) is 5.75 Å². The van der Waals surface area contributed by atoms with Crippen molar-refractivity contribution in [3.05, 3.63) is 82.9 Å². The van der Waals surface area contributed by atoms with Gasteiger partial charge in [-0.05, 0) is 93.0 Å². The van der Waals surface area contributed by atoms with Crippen LogP contribution in [0.15, 0.2) is 65.6 Å². The molecule has 284 valence electrons. The Balaban J connectivity index is 1.38. The molecule has 0 aliphatic carbocycles. The number of aryl methyl sites for hydroxylation is 1. The van der Waals surface area contributed by atoms with Gasteiger partial charge in [0, 0.05) is 37.1 Å². The molecule has 0 spiro atoms. The van der Waals surface area contributed by atoms with Crippen LogP contribution in [0.4, 0.5) is 24.5 Å². The molecular weight excluding hydrogens is 736 g/mol. The van der Waals surface area contributed by atoms with Gasteiger partial charge in [0.2, 0.25) is 0 Å². The summed E-state index contributed by atoms with van der Waals surface area (Å²) in [7, 11) is -4.58. The number of carboxylic acid groups (broad SMARTS) is 1. The average molecular weight is 776 g/mol. The van der Waals surface area contributed by atoms with Crippen LogP contribution in [0.3, 0.4) is 0 Å². The van der Waals surface area contributed by atoms with E-state index in [4.69, 9.17) is 17.0 Å². The van der Waals surface area contributed by atoms with Gasteiger partial charge in [0.15, 0.2) is 11.3 Å². The minimum atomic E-state index is -4.80. The number of hydrogen-bond donors (Lipinski definition) is 3. The second kappa shape index (κ2) is 15.2. The number of aliphatic hydroxyl groups is 1. The van der Waals surface area contributed by atoms with E-state index >= 15 is 0 Å². The molecule has 17 heteroatoms. The average Bonchev–Trinajstić information content (AvgIpc) is 3.27. The van der Waals surface area contributed by atoms with Crippen molar-refractivity contribution in [2.45, 2.75) is 69.0 Å². The van der Waals surface area contributed by atoms with E-state index in [1.807, 2.05) is 24.8 Å². The van der Waals surface area contributed by atoms with Crippen LogP contribution in [0.2, 0.25) is 0 Å². The number of piperazine rings is 1. The summed E-state index contributed by atoms with van der Waals surface area (Å²) >= 11 is 5.75. The maximum absolute atomic E-state index is 13.8. The predicted octanol–water partition coefficient (Wildman–Crippen LogP) is 5.31. The van der Waals surface area contributed by atoms with Crippen molar-refractivity contribution in [1.82, 2.24) is 9.80 Å². The molecule has 3 N–H and O–H groups in total. The van der Waals surface area contributed by atoms with Crippen molar-refractivity contribution in [2.24, 2.45) is 0 Å². The van der Waals surface area contributed by atoms with E-state index in [1.54, 1.807) is 54.0 Å². The van der Waals surface area contributed by atoms with Gasteiger partial charge in [-0.3, -0.25) is 24.0 Å². The Bertz CT molecular complexity index is 2040. The molecule has 3 aromatic rings. The Hall–Kier alpha value is -4.31. The Kier molecular flexibility index (Phi) is 11.4. The first-order chi connectivity index (χ1) is 24.8. The number of thiocarbonyl (C=S) groups is 1. The number of hydrogen-bond acceptors (Lipinski definition) is 9. The molecule has 2 aliphatic rings. The number of benzene rings is 3. The van der Waals surface area contributed by atoms with Gasteiger partial charge in [0.05, 0.1) is 40.2 Å². The molecule has 0 bridgehead atoms. The summed E-state index contributed by atoms with van der Waals surface area (Å²) in [5.74, 6) is -0.470. The molecule has 3 aromatic carbocycles. The molecule has 0 amide bonds. The van der Waals surface area contributed by atoms with Gasteiger partial charge < -0.3 is 19.8 Å². The zero-order valence-corrected chi connectivity index (χ0v) is 31.0. The molecule has 0 radical (unpaired) electrons. The molecule has 5 rings (SSSR count). The smallest absolute Gasteiger partial charge is 0.417 e. The summed E-state index contributed by atoms with van der Waals surface area (Å²) in [5, 5.41) is 30.2. The highest BCUT2D eigenvalue weighted by molar-refractivity contribution is 7.85. The van der Waals surface area contributed by atoms with Crippen molar-refractivity contribution in [2.75, 3.05) is 42.6 Å². The molecular formula is C36H40F3N5O7S2. The normalized spacial score (nSPS) is 21.1. The number of aliphatic carboxylic acids is 1. The molecule has 0 aromatic heterocycles. The number of carbonyl (C=O) groups is 1. The van der Waals surface area contributed by atoms with Gasteiger partial charge in [-0.2, -0.15) is 26.9 Å². The van der Waals surface area contributed by atoms with Crippen LogP contribution in [0.25, 0.3) is 0 Å². The zero-order valence-electron chi connectivity index (χ0n) is 29.4. The van der Waals surface area contributed by atoms with Crippen molar-refractivity contribution in [1.29, 1.82) is 5.26 Å². The molecule has 2 aliphatic heterocycles. The quantitative estimate of drug-likeness (QED) is 0.170. The maximum atomic E-state index is 13.8. The van der Waals surface area contributed by atoms with E-state index in [1.165, 1.54) is 23.1 Å². The number of rotatable bonds is 11. The van der Waals surface area contributed by atoms with E-state index in [-0.39, 0.29) is 28.8 Å². The number of carboxylic acids is 1. The number of nitriles is 1. The molecule has 12 nitrogen and oxygen atoms in total. The lowest BCUT2D eigenvalue weighted by Crippen LogP contribution is -2.55. The van der Waals surface area contributed by atoms with Crippen LogP contribution in [0, 0.1) is 11.3 Å². The molecule has 2 fully saturated rings. The molecule has 2 unspecified atom stereocenters. The third-order valence-electron chi connectivity index (χ3n) is 9.83. The second-order valence-electron chi connectivity index (χ2n) is 13.4. The molecule has 53 heavy (non-hydrogen) atoms. The Morgan fingerprint density at radius 1 is 1.08 bits per heavy atom. The van der Waals surface area contributed by atoms with E-state index in [0.29, 0.717) is 43.1 Å². The van der Waals surface area contributed by atoms with Crippen LogP contribution in [-0.2, 0) is 27.5 Å². The zero-order chi connectivity index (χ0) is 39.0. The van der Waals surface area contributed by atoms with Crippen LogP contribution < -0.4 is 14.5 Å². The van der Waals surface area contributed by atoms with Gasteiger partial charge in [-0.1, -0.05) is 25.1 Å². The van der Waals surface area contributed by atoms with Crippen molar-refractivity contribution in [3.63, 3.8) is 0 Å². The highest BCUT2D eigenvalue weighted by Gasteiger charge is 2.50. The largest absolute Gasteiger partial charge is 0.492 e. The summed E-state index contributed by atoms with van der Waals surface area (Å²) in [6.45, 7) is 8.21. The predicted molar refractivity (Wildman–Crippen MR) is 194 cm³/mol. The van der Waals surface area contributed by atoms with Crippen molar-refractivity contribution < 1.29 is 45.9 Å². The fourth-order valence-electron chi connectivity index (χ4n) is 7.16. The van der Waals surface area contributed by atoms with Crippen LogP contribution >= 0.6 is 12.2 Å². The Labute approximate surface area is 311 Å². The van der Waals surface area contributed by atoms with Gasteiger partial charge >= 0.3 is 12.1 Å². The first kappa shape index (κ1) is 39.9. The van der Waals surface area contributed by atoms with Gasteiger partial charge in [0.1, 0.15) is 12.4 Å². The number of ether oxygens (including phenoxy) is 1. The minimum absolute atomic E-state index is 0.0179. The highest BCUT2D eigenvalue weighted by Crippen LogP contribution is 2.42. The van der Waals surface area contributed by atoms with Crippen LogP contribution in [-0.4, -0.2) is 94.7 Å². The van der Waals surface area contributed by atoms with Gasteiger partial charge in [0.25, 0.3) is 10.1 Å². The van der Waals surface area contributed by atoms with E-state index in [0.717, 1.165) is 17.7 Å². The highest BCUT2D eigenvalue weighted by atomic mass is 32.2. The van der Waals surface area contributed by atoms with Crippen LogP contribution in [0.1, 0.15) is 56.0 Å². The Morgan fingerprint density at radius 2 is 1.74 bits per heavy atom. The number of alkyl halides is 3. The fourth-order valence-corrected chi connectivity index (χ4v) is 8.45. The summed E-state index contributed by atoms with van der Waals surface area (Å²) in [6, 6.07) is 15.1. The monoisotopic (exact) mass is 775 g/mol. The second-order valence-corrected chi connectivity index (χ2v) is 15.2. The maximum Gasteiger partial charge on any atom is 0.417 e. The number of nitrogens with zero attached hydrogens (tertiary/aromatic N) is 5.